The van der Waals surface area contributed by atoms with Gasteiger partial charge in [-0.2, -0.15) is 0 Å². The second kappa shape index (κ2) is 10.9. The lowest BCUT2D eigenvalue weighted by molar-refractivity contribution is -0.146. The molecule has 0 saturated heterocycles. The lowest BCUT2D eigenvalue weighted by atomic mass is 10.1. The number of fused-ring (bicyclic) bond motifs is 1. The van der Waals surface area contributed by atoms with Gasteiger partial charge in [0.1, 0.15) is 23.6 Å². The molecule has 0 amide bonds. The maximum Gasteiger partial charge on any atom is 0.345 e. The van der Waals surface area contributed by atoms with E-state index in [1.807, 2.05) is 0 Å². The zero-order chi connectivity index (χ0) is 23.0. The Labute approximate surface area is 179 Å². The van der Waals surface area contributed by atoms with Crippen LogP contribution in [0.4, 0.5) is 5.82 Å². The molecule has 10 nitrogen and oxygen atoms in total. The predicted octanol–water partition coefficient (Wildman–Crippen LogP) is 1.20. The van der Waals surface area contributed by atoms with E-state index in [-0.39, 0.29) is 37.7 Å². The zero-order valence-electron chi connectivity index (χ0n) is 17.9. The van der Waals surface area contributed by atoms with Crippen LogP contribution in [0.1, 0.15) is 26.3 Å². The zero-order valence-corrected chi connectivity index (χ0v) is 17.9. The Morgan fingerprint density at radius 3 is 2.23 bits per heavy atom. The van der Waals surface area contributed by atoms with Crippen LogP contribution in [0.5, 0.6) is 0 Å². The van der Waals surface area contributed by atoms with Crippen LogP contribution in [0.3, 0.4) is 0 Å². The van der Waals surface area contributed by atoms with E-state index in [0.717, 1.165) is 6.08 Å². The summed E-state index contributed by atoms with van der Waals surface area (Å²) in [6, 6.07) is 4.96. The average Bonchev–Trinajstić information content (AvgIpc) is 2.73. The number of anilines is 1. The van der Waals surface area contributed by atoms with Gasteiger partial charge < -0.3 is 19.1 Å². The second-order valence-corrected chi connectivity index (χ2v) is 6.24. The quantitative estimate of drug-likeness (QED) is 0.190. The first-order valence-electron chi connectivity index (χ1n) is 9.78. The third-order valence-electron chi connectivity index (χ3n) is 4.06. The number of hydrogen-bond donors (Lipinski definition) is 0. The number of pyridine rings is 1. The molecule has 166 valence electrons. The highest BCUT2D eigenvalue weighted by atomic mass is 16.6. The summed E-state index contributed by atoms with van der Waals surface area (Å²) in [7, 11) is 1.55. The van der Waals surface area contributed by atoms with Crippen LogP contribution in [0.25, 0.3) is 11.7 Å². The van der Waals surface area contributed by atoms with E-state index in [4.69, 9.17) is 14.2 Å². The number of carbonyl (C=O) groups excluding carboxylic acids is 3. The summed E-state index contributed by atoms with van der Waals surface area (Å²) in [5.74, 6) is -2.30. The largest absolute Gasteiger partial charge is 0.465 e. The fraction of sp³-hybridized carbons (Fsp3) is 0.381. The highest BCUT2D eigenvalue weighted by Gasteiger charge is 2.25. The van der Waals surface area contributed by atoms with Gasteiger partial charge in [0, 0.05) is 13.2 Å². The minimum Gasteiger partial charge on any atom is -0.465 e. The van der Waals surface area contributed by atoms with Crippen LogP contribution in [0.2, 0.25) is 0 Å². The summed E-state index contributed by atoms with van der Waals surface area (Å²) in [6.45, 7) is 4.91. The molecular weight excluding hydrogens is 406 g/mol. The minimum absolute atomic E-state index is 0.0279. The van der Waals surface area contributed by atoms with Crippen LogP contribution < -0.4 is 10.5 Å². The fourth-order valence-electron chi connectivity index (χ4n) is 2.75. The molecular formula is C21H25N3O7. The van der Waals surface area contributed by atoms with Gasteiger partial charge in [-0.05, 0) is 39.0 Å². The molecule has 2 rings (SSSR count). The number of rotatable bonds is 9. The van der Waals surface area contributed by atoms with E-state index in [0.29, 0.717) is 5.65 Å². The van der Waals surface area contributed by atoms with Gasteiger partial charge in [-0.15, -0.1) is 0 Å². The number of hydrogen-bond acceptors (Lipinski definition) is 9. The number of likely N-dealkylation sites (N-methyl/N-ethyl adjacent to an activating group) is 1. The van der Waals surface area contributed by atoms with Crippen molar-refractivity contribution in [1.82, 2.24) is 9.38 Å². The Hall–Kier alpha value is -3.69. The number of esters is 3. The molecule has 0 fully saturated rings. The molecule has 2 aromatic heterocycles. The molecule has 0 atom stereocenters. The Morgan fingerprint density at radius 1 is 1.03 bits per heavy atom. The van der Waals surface area contributed by atoms with Crippen LogP contribution in [-0.4, -0.2) is 60.7 Å². The maximum absolute atomic E-state index is 13.2. The van der Waals surface area contributed by atoms with Crippen LogP contribution >= 0.6 is 0 Å². The predicted molar refractivity (Wildman–Crippen MR) is 113 cm³/mol. The van der Waals surface area contributed by atoms with Crippen molar-refractivity contribution >= 4 is 35.4 Å². The van der Waals surface area contributed by atoms with E-state index < -0.39 is 29.0 Å². The monoisotopic (exact) mass is 431 g/mol. The molecule has 0 aliphatic heterocycles. The summed E-state index contributed by atoms with van der Waals surface area (Å²) in [4.78, 5) is 55.8. The molecule has 0 aliphatic rings. The first kappa shape index (κ1) is 23.6. The first-order chi connectivity index (χ1) is 14.8. The molecule has 0 bridgehead atoms. The Bertz CT molecular complexity index is 1040. The van der Waals surface area contributed by atoms with Crippen molar-refractivity contribution in [2.45, 2.75) is 20.8 Å². The average molecular weight is 431 g/mol. The van der Waals surface area contributed by atoms with Crippen molar-refractivity contribution in [2.75, 3.05) is 38.3 Å². The van der Waals surface area contributed by atoms with Gasteiger partial charge in [-0.25, -0.2) is 14.6 Å². The Kier molecular flexibility index (Phi) is 8.30. The lowest BCUT2D eigenvalue weighted by Gasteiger charge is -2.20. The van der Waals surface area contributed by atoms with Crippen molar-refractivity contribution in [3.8, 4) is 0 Å². The normalized spacial score (nSPS) is 10.3. The summed E-state index contributed by atoms with van der Waals surface area (Å²) in [5.41, 5.74) is -0.748. The molecule has 0 saturated carbocycles. The molecule has 2 heterocycles. The van der Waals surface area contributed by atoms with Crippen LogP contribution in [0.15, 0.2) is 34.8 Å². The van der Waals surface area contributed by atoms with Crippen LogP contribution in [-0.2, 0) is 28.6 Å². The topological polar surface area (TPSA) is 117 Å². The highest BCUT2D eigenvalue weighted by molar-refractivity contribution is 6.18. The Morgan fingerprint density at radius 2 is 1.65 bits per heavy atom. The van der Waals surface area contributed by atoms with Gasteiger partial charge in [0.15, 0.2) is 0 Å². The van der Waals surface area contributed by atoms with Crippen molar-refractivity contribution < 1.29 is 28.6 Å². The number of nitrogens with zero attached hydrogens (tertiary/aromatic N) is 3. The Balaban J connectivity index is 2.72. The minimum atomic E-state index is -0.933. The molecule has 0 unspecified atom stereocenters. The summed E-state index contributed by atoms with van der Waals surface area (Å²) in [5, 5.41) is 0. The van der Waals surface area contributed by atoms with E-state index in [1.54, 1.807) is 46.0 Å². The first-order valence-corrected chi connectivity index (χ1v) is 9.78. The second-order valence-electron chi connectivity index (χ2n) is 6.24. The van der Waals surface area contributed by atoms with E-state index in [2.05, 4.69) is 4.98 Å². The van der Waals surface area contributed by atoms with E-state index in [9.17, 15) is 19.2 Å². The number of carbonyl (C=O) groups is 3. The number of ether oxygens (including phenoxy) is 3. The van der Waals surface area contributed by atoms with Crippen LogP contribution in [0, 0.1) is 0 Å². The molecule has 0 aromatic carbocycles. The molecule has 31 heavy (non-hydrogen) atoms. The van der Waals surface area contributed by atoms with Gasteiger partial charge in [-0.3, -0.25) is 14.0 Å². The smallest absolute Gasteiger partial charge is 0.345 e. The molecule has 0 aliphatic carbocycles. The lowest BCUT2D eigenvalue weighted by Crippen LogP contribution is -2.31. The fourth-order valence-corrected chi connectivity index (χ4v) is 2.75. The van der Waals surface area contributed by atoms with Gasteiger partial charge in [0.2, 0.25) is 0 Å². The van der Waals surface area contributed by atoms with Gasteiger partial charge in [0.05, 0.1) is 25.4 Å². The summed E-state index contributed by atoms with van der Waals surface area (Å²) < 4.78 is 16.1. The third kappa shape index (κ3) is 5.68. The molecule has 10 heteroatoms. The van der Waals surface area contributed by atoms with Gasteiger partial charge in [-0.1, -0.05) is 6.07 Å². The van der Waals surface area contributed by atoms with Crippen molar-refractivity contribution in [1.29, 1.82) is 0 Å². The van der Waals surface area contributed by atoms with E-state index >= 15 is 0 Å². The van der Waals surface area contributed by atoms with Gasteiger partial charge >= 0.3 is 17.9 Å². The molecule has 0 N–H and O–H groups in total. The highest BCUT2D eigenvalue weighted by Crippen LogP contribution is 2.19. The maximum atomic E-state index is 13.2. The van der Waals surface area contributed by atoms with Crippen molar-refractivity contribution in [3.05, 3.63) is 45.9 Å². The summed E-state index contributed by atoms with van der Waals surface area (Å²) in [6.07, 6.45) is 2.59. The number of aromatic nitrogens is 2. The van der Waals surface area contributed by atoms with Gasteiger partial charge in [0.25, 0.3) is 5.56 Å². The van der Waals surface area contributed by atoms with E-state index in [1.165, 1.54) is 15.5 Å². The summed E-state index contributed by atoms with van der Waals surface area (Å²) >= 11 is 0. The third-order valence-corrected chi connectivity index (χ3v) is 4.06. The standard InChI is InChI=1S/C21H25N3O7/c1-5-29-17(25)13-23(4)18-14(19(26)24-11-9-8-10-16(24)22-18)12-15(20(27)30-6-2)21(28)31-7-3/h8-12H,5-7,13H2,1-4H3. The molecule has 0 spiro atoms. The molecule has 2 aromatic rings. The SMILES string of the molecule is CCOC(=O)CN(C)c1nc2ccccn2c(=O)c1C=C(C(=O)OCC)C(=O)OCC. The van der Waals surface area contributed by atoms with Crippen molar-refractivity contribution in [2.24, 2.45) is 0 Å². The van der Waals surface area contributed by atoms with Crippen molar-refractivity contribution in [3.63, 3.8) is 0 Å². The molecule has 0 radical (unpaired) electrons.